The SMILES string of the molecule is CC(=O)c1cccc(S(=O)(=O)NCc2cnc(C)cn2)c1. The molecule has 6 nitrogen and oxygen atoms in total. The van der Waals surface area contributed by atoms with Crippen molar-refractivity contribution in [2.75, 3.05) is 0 Å². The number of aryl methyl sites for hydroxylation is 1. The Hall–Kier alpha value is -2.12. The molecule has 110 valence electrons. The van der Waals surface area contributed by atoms with Gasteiger partial charge in [0.15, 0.2) is 5.78 Å². The molecular weight excluding hydrogens is 290 g/mol. The summed E-state index contributed by atoms with van der Waals surface area (Å²) in [6, 6.07) is 5.91. The van der Waals surface area contributed by atoms with E-state index >= 15 is 0 Å². The molecule has 0 aliphatic carbocycles. The van der Waals surface area contributed by atoms with Gasteiger partial charge in [0.25, 0.3) is 0 Å². The van der Waals surface area contributed by atoms with E-state index in [1.807, 2.05) is 0 Å². The molecule has 0 bridgehead atoms. The lowest BCUT2D eigenvalue weighted by Gasteiger charge is -2.07. The summed E-state index contributed by atoms with van der Waals surface area (Å²) in [5, 5.41) is 0. The van der Waals surface area contributed by atoms with E-state index in [-0.39, 0.29) is 17.2 Å². The minimum absolute atomic E-state index is 0.0416. The maximum absolute atomic E-state index is 12.2. The number of carbonyl (C=O) groups is 1. The summed E-state index contributed by atoms with van der Waals surface area (Å²) in [6.45, 7) is 3.23. The van der Waals surface area contributed by atoms with Crippen LogP contribution in [0.3, 0.4) is 0 Å². The van der Waals surface area contributed by atoms with Gasteiger partial charge in [0, 0.05) is 11.8 Å². The second-order valence-corrected chi connectivity index (χ2v) is 6.32. The summed E-state index contributed by atoms with van der Waals surface area (Å²) in [6.07, 6.45) is 3.09. The first-order valence-electron chi connectivity index (χ1n) is 6.27. The van der Waals surface area contributed by atoms with Crippen LogP contribution in [0, 0.1) is 6.92 Å². The van der Waals surface area contributed by atoms with Crippen LogP contribution in [0.1, 0.15) is 28.7 Å². The summed E-state index contributed by atoms with van der Waals surface area (Å²) in [5.74, 6) is -0.184. The highest BCUT2D eigenvalue weighted by Crippen LogP contribution is 2.12. The molecule has 1 aromatic heterocycles. The van der Waals surface area contributed by atoms with Crippen molar-refractivity contribution >= 4 is 15.8 Å². The van der Waals surface area contributed by atoms with Gasteiger partial charge in [-0.25, -0.2) is 13.1 Å². The molecule has 0 fully saturated rings. The standard InChI is InChI=1S/C14H15N3O3S/c1-10-7-16-13(8-15-10)9-17-21(19,20)14-5-3-4-12(6-14)11(2)18/h3-8,17H,9H2,1-2H3. The lowest BCUT2D eigenvalue weighted by Crippen LogP contribution is -2.24. The Balaban J connectivity index is 2.16. The van der Waals surface area contributed by atoms with Gasteiger partial charge in [0.05, 0.1) is 29.0 Å². The maximum atomic E-state index is 12.2. The van der Waals surface area contributed by atoms with Gasteiger partial charge in [-0.05, 0) is 26.0 Å². The molecule has 2 rings (SSSR count). The number of nitrogens with one attached hydrogen (secondary N) is 1. The number of hydrogen-bond donors (Lipinski definition) is 1. The highest BCUT2D eigenvalue weighted by Gasteiger charge is 2.15. The fourth-order valence-electron chi connectivity index (χ4n) is 1.65. The van der Waals surface area contributed by atoms with Crippen LogP contribution in [-0.4, -0.2) is 24.2 Å². The first-order valence-corrected chi connectivity index (χ1v) is 7.75. The van der Waals surface area contributed by atoms with Gasteiger partial charge >= 0.3 is 0 Å². The highest BCUT2D eigenvalue weighted by atomic mass is 32.2. The van der Waals surface area contributed by atoms with Crippen molar-refractivity contribution in [3.8, 4) is 0 Å². The summed E-state index contributed by atoms with van der Waals surface area (Å²) >= 11 is 0. The number of ketones is 1. The number of carbonyl (C=O) groups excluding carboxylic acids is 1. The summed E-state index contributed by atoms with van der Waals surface area (Å²) in [4.78, 5) is 19.5. The van der Waals surface area contributed by atoms with Crippen LogP contribution < -0.4 is 4.72 Å². The molecule has 0 aliphatic rings. The second kappa shape index (κ2) is 6.11. The van der Waals surface area contributed by atoms with Crippen LogP contribution in [0.2, 0.25) is 0 Å². The quantitative estimate of drug-likeness (QED) is 0.845. The van der Waals surface area contributed by atoms with E-state index in [2.05, 4.69) is 14.7 Å². The number of aromatic nitrogens is 2. The molecule has 21 heavy (non-hydrogen) atoms. The maximum Gasteiger partial charge on any atom is 0.240 e. The van der Waals surface area contributed by atoms with Crippen molar-refractivity contribution < 1.29 is 13.2 Å². The molecule has 0 saturated carbocycles. The number of Topliss-reactive ketones (excluding diaryl/α,β-unsaturated/α-hetero) is 1. The van der Waals surface area contributed by atoms with Crippen LogP contribution in [0.5, 0.6) is 0 Å². The molecule has 1 N–H and O–H groups in total. The van der Waals surface area contributed by atoms with Crippen molar-refractivity contribution in [3.05, 3.63) is 53.6 Å². The summed E-state index contributed by atoms with van der Waals surface area (Å²) < 4.78 is 26.8. The zero-order valence-electron chi connectivity index (χ0n) is 11.7. The van der Waals surface area contributed by atoms with Crippen molar-refractivity contribution in [2.45, 2.75) is 25.3 Å². The Kier molecular flexibility index (Phi) is 4.44. The van der Waals surface area contributed by atoms with Gasteiger partial charge in [0.1, 0.15) is 0 Å². The zero-order chi connectivity index (χ0) is 15.5. The molecule has 0 atom stereocenters. The Morgan fingerprint density at radius 3 is 2.62 bits per heavy atom. The van der Waals surface area contributed by atoms with Gasteiger partial charge < -0.3 is 0 Å². The van der Waals surface area contributed by atoms with Crippen molar-refractivity contribution in [1.82, 2.24) is 14.7 Å². The van der Waals surface area contributed by atoms with Crippen LogP contribution in [0.4, 0.5) is 0 Å². The van der Waals surface area contributed by atoms with E-state index in [4.69, 9.17) is 0 Å². The zero-order valence-corrected chi connectivity index (χ0v) is 12.5. The fraction of sp³-hybridized carbons (Fsp3) is 0.214. The Labute approximate surface area is 123 Å². The van der Waals surface area contributed by atoms with Crippen LogP contribution in [-0.2, 0) is 16.6 Å². The molecule has 0 unspecified atom stereocenters. The third-order valence-electron chi connectivity index (χ3n) is 2.83. The van der Waals surface area contributed by atoms with E-state index in [9.17, 15) is 13.2 Å². The number of nitrogens with zero attached hydrogens (tertiary/aromatic N) is 2. The summed E-state index contributed by atoms with van der Waals surface area (Å²) in [7, 11) is -3.69. The Bertz CT molecular complexity index is 755. The molecule has 0 aliphatic heterocycles. The molecule has 1 aromatic carbocycles. The van der Waals surface area contributed by atoms with Crippen molar-refractivity contribution in [2.24, 2.45) is 0 Å². The van der Waals surface area contributed by atoms with E-state index in [1.54, 1.807) is 19.2 Å². The normalized spacial score (nSPS) is 11.3. The summed E-state index contributed by atoms with van der Waals surface area (Å²) in [5.41, 5.74) is 1.63. The van der Waals surface area contributed by atoms with E-state index < -0.39 is 10.0 Å². The van der Waals surface area contributed by atoms with Gasteiger partial charge in [-0.15, -0.1) is 0 Å². The van der Waals surface area contributed by atoms with Crippen molar-refractivity contribution in [3.63, 3.8) is 0 Å². The average molecular weight is 305 g/mol. The van der Waals surface area contributed by atoms with Crippen molar-refractivity contribution in [1.29, 1.82) is 0 Å². The Morgan fingerprint density at radius 1 is 1.24 bits per heavy atom. The van der Waals surface area contributed by atoms with Gasteiger partial charge in [-0.1, -0.05) is 12.1 Å². The molecule has 0 spiro atoms. The predicted octanol–water partition coefficient (Wildman–Crippen LogP) is 1.47. The first kappa shape index (κ1) is 15.3. The van der Waals surface area contributed by atoms with Gasteiger partial charge in [-0.3, -0.25) is 14.8 Å². The fourth-order valence-corrected chi connectivity index (χ4v) is 2.69. The third kappa shape index (κ3) is 3.93. The van der Waals surface area contributed by atoms with E-state index in [0.29, 0.717) is 11.3 Å². The number of rotatable bonds is 5. The van der Waals surface area contributed by atoms with Gasteiger partial charge in [-0.2, -0.15) is 0 Å². The van der Waals surface area contributed by atoms with E-state index in [0.717, 1.165) is 5.69 Å². The van der Waals surface area contributed by atoms with Crippen LogP contribution in [0.15, 0.2) is 41.6 Å². The molecule has 0 saturated heterocycles. The third-order valence-corrected chi connectivity index (χ3v) is 4.23. The van der Waals surface area contributed by atoms with E-state index in [1.165, 1.54) is 31.3 Å². The second-order valence-electron chi connectivity index (χ2n) is 4.56. The number of hydrogen-bond acceptors (Lipinski definition) is 5. The molecule has 0 amide bonds. The molecule has 1 heterocycles. The smallest absolute Gasteiger partial charge is 0.240 e. The topological polar surface area (TPSA) is 89.0 Å². The molecule has 7 heteroatoms. The number of sulfonamides is 1. The number of benzene rings is 1. The molecule has 2 aromatic rings. The minimum Gasteiger partial charge on any atom is -0.295 e. The molecular formula is C14H15N3O3S. The first-order chi connectivity index (χ1) is 9.88. The monoisotopic (exact) mass is 305 g/mol. The lowest BCUT2D eigenvalue weighted by atomic mass is 10.2. The Morgan fingerprint density at radius 2 is 2.00 bits per heavy atom. The largest absolute Gasteiger partial charge is 0.295 e. The van der Waals surface area contributed by atoms with Crippen LogP contribution in [0.25, 0.3) is 0 Å². The predicted molar refractivity (Wildman–Crippen MR) is 77.2 cm³/mol. The van der Waals surface area contributed by atoms with Crippen LogP contribution >= 0.6 is 0 Å². The van der Waals surface area contributed by atoms with Gasteiger partial charge in [0.2, 0.25) is 10.0 Å². The molecule has 0 radical (unpaired) electrons. The minimum atomic E-state index is -3.69. The average Bonchev–Trinajstić information content (AvgIpc) is 2.47. The highest BCUT2D eigenvalue weighted by molar-refractivity contribution is 7.89. The lowest BCUT2D eigenvalue weighted by molar-refractivity contribution is 0.101.